The minimum atomic E-state index is -0.496. The zero-order valence-electron chi connectivity index (χ0n) is 15.7. The third-order valence-corrected chi connectivity index (χ3v) is 4.46. The monoisotopic (exact) mass is 396 g/mol. The van der Waals surface area contributed by atoms with E-state index in [9.17, 15) is 20.2 Å². The summed E-state index contributed by atoms with van der Waals surface area (Å²) in [5, 5.41) is 23.2. The lowest BCUT2D eigenvalue weighted by molar-refractivity contribution is -0.384. The van der Waals surface area contributed by atoms with Gasteiger partial charge in [0.2, 0.25) is 0 Å². The number of hydrogen-bond acceptors (Lipinski definition) is 7. The summed E-state index contributed by atoms with van der Waals surface area (Å²) in [6, 6.07) is 11.2. The third kappa shape index (κ3) is 5.28. The molecule has 1 aromatic carbocycles. The van der Waals surface area contributed by atoms with Gasteiger partial charge in [-0.25, -0.2) is 0 Å². The number of amides is 1. The third-order valence-electron chi connectivity index (χ3n) is 4.46. The van der Waals surface area contributed by atoms with Gasteiger partial charge >= 0.3 is 0 Å². The number of rotatable bonds is 7. The molecule has 0 unspecified atom stereocenters. The normalized spacial score (nSPS) is 14.9. The molecule has 0 saturated carbocycles. The molecule has 2 heterocycles. The van der Waals surface area contributed by atoms with Crippen LogP contribution in [0.1, 0.15) is 5.76 Å². The smallest absolute Gasteiger partial charge is 0.280 e. The lowest BCUT2D eigenvalue weighted by Crippen LogP contribution is -2.41. The van der Waals surface area contributed by atoms with E-state index in [0.29, 0.717) is 31.9 Å². The summed E-state index contributed by atoms with van der Waals surface area (Å²) in [7, 11) is 0. The van der Waals surface area contributed by atoms with E-state index in [0.717, 1.165) is 13.1 Å². The van der Waals surface area contributed by atoms with Gasteiger partial charge in [-0.3, -0.25) is 19.8 Å². The lowest BCUT2D eigenvalue weighted by atomic mass is 10.1. The standard InChI is InChI=1S/C20H20N4O5/c21-14-15(20(25)22-7-8-23-9-11-28-12-10-23)13-16-5-6-19(29-16)17-3-1-2-4-18(17)24(26)27/h1-6,13H,7-12H2,(H,22,25). The number of ether oxygens (including phenoxy) is 1. The predicted molar refractivity (Wildman–Crippen MR) is 105 cm³/mol. The number of carbonyl (C=O) groups excluding carboxylic acids is 1. The summed E-state index contributed by atoms with van der Waals surface area (Å²) in [5.41, 5.74) is 0.139. The van der Waals surface area contributed by atoms with Crippen molar-refractivity contribution in [2.75, 3.05) is 39.4 Å². The van der Waals surface area contributed by atoms with E-state index < -0.39 is 10.8 Å². The number of nitro groups is 1. The van der Waals surface area contributed by atoms with Crippen LogP contribution in [0.3, 0.4) is 0 Å². The number of carbonyl (C=O) groups is 1. The Balaban J connectivity index is 1.66. The van der Waals surface area contributed by atoms with Crippen LogP contribution in [0.5, 0.6) is 0 Å². The SMILES string of the molecule is N#CC(=Cc1ccc(-c2ccccc2[N+](=O)[O-])o1)C(=O)NCCN1CCOCC1. The first-order chi connectivity index (χ1) is 14.1. The number of nitriles is 1. The van der Waals surface area contributed by atoms with E-state index in [1.807, 2.05) is 6.07 Å². The van der Waals surface area contributed by atoms with Crippen LogP contribution < -0.4 is 5.32 Å². The highest BCUT2D eigenvalue weighted by Crippen LogP contribution is 2.31. The van der Waals surface area contributed by atoms with Crippen molar-refractivity contribution in [3.05, 3.63) is 57.8 Å². The van der Waals surface area contributed by atoms with E-state index >= 15 is 0 Å². The first kappa shape index (κ1) is 20.3. The fourth-order valence-electron chi connectivity index (χ4n) is 2.95. The highest BCUT2D eigenvalue weighted by Gasteiger charge is 2.18. The highest BCUT2D eigenvalue weighted by atomic mass is 16.6. The van der Waals surface area contributed by atoms with Gasteiger partial charge in [0.15, 0.2) is 0 Å². The summed E-state index contributed by atoms with van der Waals surface area (Å²) in [5.74, 6) is 0.0518. The molecular formula is C20H20N4O5. The molecular weight excluding hydrogens is 376 g/mol. The summed E-state index contributed by atoms with van der Waals surface area (Å²) in [4.78, 5) is 25.1. The zero-order valence-corrected chi connectivity index (χ0v) is 15.7. The quantitative estimate of drug-likeness (QED) is 0.329. The van der Waals surface area contributed by atoms with Crippen LogP contribution >= 0.6 is 0 Å². The topological polar surface area (TPSA) is 122 Å². The van der Waals surface area contributed by atoms with Crippen molar-refractivity contribution in [1.82, 2.24) is 10.2 Å². The van der Waals surface area contributed by atoms with Gasteiger partial charge in [-0.15, -0.1) is 0 Å². The molecule has 0 bridgehead atoms. The molecule has 1 aliphatic rings. The number of furan rings is 1. The maximum Gasteiger partial charge on any atom is 0.280 e. The first-order valence-corrected chi connectivity index (χ1v) is 9.12. The van der Waals surface area contributed by atoms with Crippen LogP contribution in [0.2, 0.25) is 0 Å². The van der Waals surface area contributed by atoms with Crippen molar-refractivity contribution in [3.63, 3.8) is 0 Å². The van der Waals surface area contributed by atoms with Crippen LogP contribution in [0.25, 0.3) is 17.4 Å². The molecule has 0 spiro atoms. The van der Waals surface area contributed by atoms with Crippen LogP contribution in [0.4, 0.5) is 5.69 Å². The molecule has 9 heteroatoms. The van der Waals surface area contributed by atoms with Gasteiger partial charge in [0.25, 0.3) is 11.6 Å². The molecule has 1 saturated heterocycles. The van der Waals surface area contributed by atoms with Gasteiger partial charge in [-0.1, -0.05) is 12.1 Å². The Morgan fingerprint density at radius 2 is 2.03 bits per heavy atom. The van der Waals surface area contributed by atoms with Gasteiger partial charge < -0.3 is 14.5 Å². The highest BCUT2D eigenvalue weighted by molar-refractivity contribution is 6.01. The van der Waals surface area contributed by atoms with Crippen molar-refractivity contribution in [1.29, 1.82) is 5.26 Å². The Morgan fingerprint density at radius 3 is 2.76 bits per heavy atom. The molecule has 1 aromatic heterocycles. The van der Waals surface area contributed by atoms with Crippen molar-refractivity contribution >= 4 is 17.7 Å². The second-order valence-corrected chi connectivity index (χ2v) is 6.36. The molecule has 0 atom stereocenters. The first-order valence-electron chi connectivity index (χ1n) is 9.12. The molecule has 1 aliphatic heterocycles. The average Bonchev–Trinajstić information content (AvgIpc) is 3.21. The van der Waals surface area contributed by atoms with Crippen molar-refractivity contribution < 1.29 is 18.9 Å². The molecule has 9 nitrogen and oxygen atoms in total. The largest absolute Gasteiger partial charge is 0.456 e. The lowest BCUT2D eigenvalue weighted by Gasteiger charge is -2.26. The molecule has 2 aromatic rings. The summed E-state index contributed by atoms with van der Waals surface area (Å²) >= 11 is 0. The Bertz CT molecular complexity index is 954. The minimum absolute atomic E-state index is 0.0845. The van der Waals surface area contributed by atoms with E-state index in [2.05, 4.69) is 10.2 Å². The number of benzene rings is 1. The van der Waals surface area contributed by atoms with Crippen LogP contribution in [-0.4, -0.2) is 55.1 Å². The van der Waals surface area contributed by atoms with Crippen LogP contribution in [0, 0.1) is 21.4 Å². The fraction of sp³-hybridized carbons (Fsp3) is 0.300. The second kappa shape index (κ2) is 9.64. The molecule has 29 heavy (non-hydrogen) atoms. The zero-order chi connectivity index (χ0) is 20.6. The maximum atomic E-state index is 12.3. The number of nitro benzene ring substituents is 1. The van der Waals surface area contributed by atoms with Gasteiger partial charge in [-0.2, -0.15) is 5.26 Å². The Kier molecular flexibility index (Phi) is 6.73. The molecule has 0 radical (unpaired) electrons. The Morgan fingerprint density at radius 1 is 1.28 bits per heavy atom. The Hall–Kier alpha value is -3.48. The van der Waals surface area contributed by atoms with Gasteiger partial charge in [0.1, 0.15) is 23.2 Å². The maximum absolute atomic E-state index is 12.3. The average molecular weight is 396 g/mol. The van der Waals surface area contributed by atoms with E-state index in [1.165, 1.54) is 12.1 Å². The fourth-order valence-corrected chi connectivity index (χ4v) is 2.95. The summed E-state index contributed by atoms with van der Waals surface area (Å²) < 4.78 is 10.9. The number of nitrogens with zero attached hydrogens (tertiary/aromatic N) is 3. The molecule has 1 amide bonds. The predicted octanol–water partition coefficient (Wildman–Crippen LogP) is 2.21. The molecule has 0 aliphatic carbocycles. The van der Waals surface area contributed by atoms with Crippen LogP contribution in [-0.2, 0) is 9.53 Å². The van der Waals surface area contributed by atoms with Gasteiger partial charge in [0, 0.05) is 38.3 Å². The van der Waals surface area contributed by atoms with E-state index in [1.54, 1.807) is 30.3 Å². The van der Waals surface area contributed by atoms with Crippen LogP contribution in [0.15, 0.2) is 46.4 Å². The number of nitrogens with one attached hydrogen (secondary N) is 1. The van der Waals surface area contributed by atoms with E-state index in [4.69, 9.17) is 9.15 Å². The molecule has 3 rings (SSSR count). The van der Waals surface area contributed by atoms with Gasteiger partial charge in [-0.05, 0) is 18.2 Å². The summed E-state index contributed by atoms with van der Waals surface area (Å²) in [6.45, 7) is 4.08. The van der Waals surface area contributed by atoms with E-state index in [-0.39, 0.29) is 22.8 Å². The van der Waals surface area contributed by atoms with Crippen molar-refractivity contribution in [2.24, 2.45) is 0 Å². The second-order valence-electron chi connectivity index (χ2n) is 6.36. The van der Waals surface area contributed by atoms with Crippen molar-refractivity contribution in [3.8, 4) is 17.4 Å². The number of morpholine rings is 1. The Labute approximate surface area is 167 Å². The summed E-state index contributed by atoms with van der Waals surface area (Å²) in [6.07, 6.45) is 1.32. The van der Waals surface area contributed by atoms with Crippen molar-refractivity contribution in [2.45, 2.75) is 0 Å². The molecule has 1 fully saturated rings. The molecule has 150 valence electrons. The number of hydrogen-bond donors (Lipinski definition) is 1. The minimum Gasteiger partial charge on any atom is -0.456 e. The number of para-hydroxylation sites is 1. The molecule has 1 N–H and O–H groups in total. The van der Waals surface area contributed by atoms with Gasteiger partial charge in [0.05, 0.1) is 23.7 Å².